The minimum absolute atomic E-state index is 0.161. The highest BCUT2D eigenvalue weighted by atomic mass is 32.1. The van der Waals surface area contributed by atoms with Gasteiger partial charge in [0.1, 0.15) is 5.52 Å². The van der Waals surface area contributed by atoms with Gasteiger partial charge in [0.15, 0.2) is 10.4 Å². The minimum atomic E-state index is 0.161. The van der Waals surface area contributed by atoms with Crippen LogP contribution in [0.4, 0.5) is 0 Å². The Morgan fingerprint density at radius 1 is 1.39 bits per heavy atom. The Bertz CT molecular complexity index is 640. The molecule has 18 heavy (non-hydrogen) atoms. The fourth-order valence-electron chi connectivity index (χ4n) is 3.32. The Kier molecular flexibility index (Phi) is 2.62. The average molecular weight is 264 g/mol. The summed E-state index contributed by atoms with van der Waals surface area (Å²) in [6, 6.07) is 0. The minimum Gasteiger partial charge on any atom is -0.328 e. The highest BCUT2D eigenvalue weighted by molar-refractivity contribution is 7.71. The second-order valence-electron chi connectivity index (χ2n) is 5.59. The Hall–Kier alpha value is -1.10. The van der Waals surface area contributed by atoms with E-state index in [0.717, 1.165) is 28.0 Å². The summed E-state index contributed by atoms with van der Waals surface area (Å²) in [5.41, 5.74) is 3.55. The predicted octanol–water partition coefficient (Wildman–Crippen LogP) is 3.28. The molecular weight excluding hydrogens is 244 g/mol. The quantitative estimate of drug-likeness (QED) is 0.845. The van der Waals surface area contributed by atoms with Crippen molar-refractivity contribution in [2.45, 2.75) is 51.5 Å². The SMILES string of the molecule is CCc1nn(C)c2c1[nH]c(=S)n2C1(C)CCCC1. The first-order chi connectivity index (χ1) is 8.57. The molecule has 2 aromatic heterocycles. The van der Waals surface area contributed by atoms with Crippen molar-refractivity contribution in [2.24, 2.45) is 7.05 Å². The molecule has 98 valence electrons. The summed E-state index contributed by atoms with van der Waals surface area (Å²) in [4.78, 5) is 3.36. The van der Waals surface area contributed by atoms with Gasteiger partial charge in [-0.15, -0.1) is 0 Å². The lowest BCUT2D eigenvalue weighted by Crippen LogP contribution is -2.27. The molecular formula is C13H20N4S. The smallest absolute Gasteiger partial charge is 0.179 e. The largest absolute Gasteiger partial charge is 0.328 e. The average Bonchev–Trinajstić information content (AvgIpc) is 2.96. The molecule has 0 amide bonds. The number of hydrogen-bond acceptors (Lipinski definition) is 2. The van der Waals surface area contributed by atoms with Gasteiger partial charge in [-0.05, 0) is 38.4 Å². The maximum absolute atomic E-state index is 5.55. The first-order valence-electron chi connectivity index (χ1n) is 6.74. The van der Waals surface area contributed by atoms with Crippen molar-refractivity contribution in [3.8, 4) is 0 Å². The van der Waals surface area contributed by atoms with Gasteiger partial charge in [-0.1, -0.05) is 19.8 Å². The van der Waals surface area contributed by atoms with Crippen molar-refractivity contribution >= 4 is 23.4 Å². The molecule has 1 fully saturated rings. The number of nitrogens with zero attached hydrogens (tertiary/aromatic N) is 3. The van der Waals surface area contributed by atoms with Crippen molar-refractivity contribution in [3.63, 3.8) is 0 Å². The van der Waals surface area contributed by atoms with Crippen molar-refractivity contribution < 1.29 is 0 Å². The van der Waals surface area contributed by atoms with Crippen LogP contribution in [-0.4, -0.2) is 19.3 Å². The van der Waals surface area contributed by atoms with Gasteiger partial charge in [0.25, 0.3) is 0 Å². The molecule has 0 radical (unpaired) electrons. The third kappa shape index (κ3) is 1.49. The van der Waals surface area contributed by atoms with E-state index in [0.29, 0.717) is 0 Å². The molecule has 0 aromatic carbocycles. The number of aromatic nitrogens is 4. The van der Waals surface area contributed by atoms with Crippen LogP contribution in [0.2, 0.25) is 0 Å². The van der Waals surface area contributed by atoms with E-state index in [2.05, 4.69) is 28.5 Å². The normalized spacial score (nSPS) is 18.8. The van der Waals surface area contributed by atoms with Gasteiger partial charge >= 0.3 is 0 Å². The molecule has 0 bridgehead atoms. The zero-order chi connectivity index (χ0) is 12.9. The molecule has 2 aromatic rings. The standard InChI is InChI=1S/C13H20N4S/c1-4-9-10-11(16(3)15-9)17(12(18)14-10)13(2)7-5-6-8-13/h4-8H2,1-3H3,(H,14,18). The number of H-pyrrole nitrogens is 1. The van der Waals surface area contributed by atoms with Gasteiger partial charge < -0.3 is 4.98 Å². The number of aryl methyl sites for hydroxylation is 2. The van der Waals surface area contributed by atoms with E-state index in [9.17, 15) is 0 Å². The highest BCUT2D eigenvalue weighted by Gasteiger charge is 2.33. The van der Waals surface area contributed by atoms with Crippen LogP contribution in [0.3, 0.4) is 0 Å². The van der Waals surface area contributed by atoms with E-state index < -0.39 is 0 Å². The fraction of sp³-hybridized carbons (Fsp3) is 0.692. The van der Waals surface area contributed by atoms with Crippen LogP contribution in [-0.2, 0) is 19.0 Å². The molecule has 5 heteroatoms. The van der Waals surface area contributed by atoms with Gasteiger partial charge in [-0.2, -0.15) is 5.10 Å². The molecule has 1 aliphatic rings. The Morgan fingerprint density at radius 2 is 2.06 bits per heavy atom. The summed E-state index contributed by atoms with van der Waals surface area (Å²) in [5, 5.41) is 4.59. The molecule has 1 N–H and O–H groups in total. The van der Waals surface area contributed by atoms with E-state index in [1.54, 1.807) is 0 Å². The molecule has 0 atom stereocenters. The lowest BCUT2D eigenvalue weighted by Gasteiger charge is -2.26. The van der Waals surface area contributed by atoms with Crippen LogP contribution in [0.5, 0.6) is 0 Å². The molecule has 1 saturated carbocycles. The molecule has 0 aliphatic heterocycles. The van der Waals surface area contributed by atoms with Crippen LogP contribution in [0, 0.1) is 4.77 Å². The topological polar surface area (TPSA) is 38.5 Å². The monoisotopic (exact) mass is 264 g/mol. The highest BCUT2D eigenvalue weighted by Crippen LogP contribution is 2.38. The van der Waals surface area contributed by atoms with Gasteiger partial charge in [0.2, 0.25) is 0 Å². The number of rotatable bonds is 2. The van der Waals surface area contributed by atoms with E-state index in [1.807, 2.05) is 11.7 Å². The number of hydrogen-bond donors (Lipinski definition) is 1. The first kappa shape index (κ1) is 12.0. The zero-order valence-corrected chi connectivity index (χ0v) is 12.1. The molecule has 0 saturated heterocycles. The number of nitrogens with one attached hydrogen (secondary N) is 1. The van der Waals surface area contributed by atoms with Crippen LogP contribution in [0.15, 0.2) is 0 Å². The van der Waals surface area contributed by atoms with Gasteiger partial charge in [-0.3, -0.25) is 9.25 Å². The molecule has 0 spiro atoms. The van der Waals surface area contributed by atoms with Crippen LogP contribution in [0.1, 0.15) is 45.2 Å². The molecule has 0 unspecified atom stereocenters. The van der Waals surface area contributed by atoms with E-state index in [1.165, 1.54) is 25.7 Å². The second-order valence-corrected chi connectivity index (χ2v) is 5.98. The van der Waals surface area contributed by atoms with Gasteiger partial charge in [0, 0.05) is 12.6 Å². The van der Waals surface area contributed by atoms with Gasteiger partial charge in [-0.25, -0.2) is 0 Å². The fourth-order valence-corrected chi connectivity index (χ4v) is 3.73. The maximum atomic E-state index is 5.55. The third-order valence-corrected chi connectivity index (χ3v) is 4.58. The summed E-state index contributed by atoms with van der Waals surface area (Å²) in [6.07, 6.45) is 5.94. The van der Waals surface area contributed by atoms with E-state index in [4.69, 9.17) is 12.2 Å². The third-order valence-electron chi connectivity index (χ3n) is 4.29. The first-order valence-corrected chi connectivity index (χ1v) is 7.15. The maximum Gasteiger partial charge on any atom is 0.179 e. The van der Waals surface area contributed by atoms with Crippen LogP contribution in [0.25, 0.3) is 11.2 Å². The van der Waals surface area contributed by atoms with Crippen molar-refractivity contribution in [1.82, 2.24) is 19.3 Å². The number of aromatic amines is 1. The predicted molar refractivity (Wildman–Crippen MR) is 75.4 cm³/mol. The summed E-state index contributed by atoms with van der Waals surface area (Å²) in [6.45, 7) is 4.45. The van der Waals surface area contributed by atoms with E-state index in [-0.39, 0.29) is 5.54 Å². The Morgan fingerprint density at radius 3 is 2.67 bits per heavy atom. The molecule has 4 nitrogen and oxygen atoms in total. The second kappa shape index (κ2) is 3.95. The van der Waals surface area contributed by atoms with Crippen LogP contribution >= 0.6 is 12.2 Å². The summed E-state index contributed by atoms with van der Waals surface area (Å²) >= 11 is 5.55. The van der Waals surface area contributed by atoms with Crippen molar-refractivity contribution in [1.29, 1.82) is 0 Å². The summed E-state index contributed by atoms with van der Waals surface area (Å²) < 4.78 is 5.12. The lowest BCUT2D eigenvalue weighted by molar-refractivity contribution is 0.330. The zero-order valence-electron chi connectivity index (χ0n) is 11.3. The molecule has 3 rings (SSSR count). The van der Waals surface area contributed by atoms with Crippen molar-refractivity contribution in [3.05, 3.63) is 10.5 Å². The lowest BCUT2D eigenvalue weighted by atomic mass is 10.0. The number of imidazole rings is 1. The summed E-state index contributed by atoms with van der Waals surface area (Å²) in [7, 11) is 2.01. The summed E-state index contributed by atoms with van der Waals surface area (Å²) in [5.74, 6) is 0. The van der Waals surface area contributed by atoms with Crippen molar-refractivity contribution in [2.75, 3.05) is 0 Å². The molecule has 1 aliphatic carbocycles. The van der Waals surface area contributed by atoms with Crippen LogP contribution < -0.4 is 0 Å². The number of fused-ring (bicyclic) bond motifs is 1. The Labute approximate surface area is 112 Å². The van der Waals surface area contributed by atoms with Gasteiger partial charge in [0.05, 0.1) is 5.69 Å². The molecule has 2 heterocycles. The van der Waals surface area contributed by atoms with E-state index >= 15 is 0 Å². The Balaban J connectivity index is 2.32.